The molecule has 1 aliphatic heterocycles. The molecule has 224 valence electrons. The Kier molecular flexibility index (Phi) is 11.7. The molecule has 1 fully saturated rings. The molecular formula is C31H45N5O3S2. The third-order valence-corrected chi connectivity index (χ3v) is 9.95. The van der Waals surface area contributed by atoms with Crippen molar-refractivity contribution in [2.24, 2.45) is 5.92 Å². The third kappa shape index (κ3) is 8.56. The molecule has 1 saturated heterocycles. The van der Waals surface area contributed by atoms with Crippen LogP contribution >= 0.6 is 11.3 Å². The number of thiophene rings is 1. The number of benzene rings is 1. The SMILES string of the molecule is CCC(CC)n1c(Cc2cccs2)nc2cc(C(=O)N[C@@H](CC(C)C)C(=O)NCCCN3CC[S+]([O-])CC3)ccc21. The summed E-state index contributed by atoms with van der Waals surface area (Å²) in [5.74, 6) is 2.32. The Morgan fingerprint density at radius 1 is 1.15 bits per heavy atom. The Morgan fingerprint density at radius 3 is 2.56 bits per heavy atom. The molecule has 0 aliphatic carbocycles. The fourth-order valence-corrected chi connectivity index (χ4v) is 7.36. The Morgan fingerprint density at radius 2 is 1.90 bits per heavy atom. The van der Waals surface area contributed by atoms with Gasteiger partial charge in [0.1, 0.15) is 23.4 Å². The Hall–Kier alpha value is -2.40. The Labute approximate surface area is 251 Å². The zero-order valence-electron chi connectivity index (χ0n) is 24.9. The summed E-state index contributed by atoms with van der Waals surface area (Å²) in [5.41, 5.74) is 2.36. The molecule has 1 aromatic carbocycles. The second-order valence-electron chi connectivity index (χ2n) is 11.3. The first kappa shape index (κ1) is 31.5. The van der Waals surface area contributed by atoms with Crippen molar-refractivity contribution < 1.29 is 14.1 Å². The summed E-state index contributed by atoms with van der Waals surface area (Å²) in [6, 6.07) is 9.65. The molecule has 10 heteroatoms. The summed E-state index contributed by atoms with van der Waals surface area (Å²) >= 11 is 1.05. The van der Waals surface area contributed by atoms with Crippen LogP contribution in [0, 0.1) is 5.92 Å². The molecule has 0 bridgehead atoms. The van der Waals surface area contributed by atoms with Crippen LogP contribution in [0.3, 0.4) is 0 Å². The van der Waals surface area contributed by atoms with Crippen molar-refractivity contribution >= 4 is 45.4 Å². The molecule has 1 atom stereocenters. The van der Waals surface area contributed by atoms with Crippen molar-refractivity contribution in [1.29, 1.82) is 0 Å². The number of carbonyl (C=O) groups excluding carboxylic acids is 2. The highest BCUT2D eigenvalue weighted by molar-refractivity contribution is 7.91. The normalized spacial score (nSPS) is 15.6. The quantitative estimate of drug-likeness (QED) is 0.205. The predicted octanol–water partition coefficient (Wildman–Crippen LogP) is 4.76. The lowest BCUT2D eigenvalue weighted by Gasteiger charge is -2.28. The van der Waals surface area contributed by atoms with Crippen molar-refractivity contribution in [3.05, 3.63) is 52.0 Å². The molecule has 3 aromatic rings. The van der Waals surface area contributed by atoms with E-state index in [0.29, 0.717) is 24.6 Å². The number of imidazole rings is 1. The lowest BCUT2D eigenvalue weighted by molar-refractivity contribution is -0.123. The molecule has 0 radical (unpaired) electrons. The molecule has 8 nitrogen and oxygen atoms in total. The van der Waals surface area contributed by atoms with Gasteiger partial charge in [-0.05, 0) is 61.2 Å². The standard InChI is InChI=1S/C31H45N5O3S2/c1-5-24(6-2)36-28-11-10-23(20-26(28)33-29(36)21-25-9-7-16-40-25)30(37)34-27(19-22(3)4)31(38)32-12-8-13-35-14-17-41(39)18-15-35/h7,9-11,16,20,22,24,27H,5-6,8,12-15,17-19,21H2,1-4H3,(H,32,38)(H,34,37)/t27-/m0/s1. The average Bonchev–Trinajstić information content (AvgIpc) is 3.60. The molecule has 2 amide bonds. The summed E-state index contributed by atoms with van der Waals surface area (Å²) in [4.78, 5) is 35.0. The lowest BCUT2D eigenvalue weighted by atomic mass is 10.0. The summed E-state index contributed by atoms with van der Waals surface area (Å²) in [5, 5.41) is 8.11. The Balaban J connectivity index is 1.43. The van der Waals surface area contributed by atoms with Crippen molar-refractivity contribution in [1.82, 2.24) is 25.1 Å². The topological polar surface area (TPSA) is 102 Å². The third-order valence-electron chi connectivity index (χ3n) is 7.79. The van der Waals surface area contributed by atoms with Crippen molar-refractivity contribution in [3.8, 4) is 0 Å². The van der Waals surface area contributed by atoms with Crippen molar-refractivity contribution in [3.63, 3.8) is 0 Å². The highest BCUT2D eigenvalue weighted by Gasteiger charge is 2.24. The Bertz CT molecular complexity index is 1260. The van der Waals surface area contributed by atoms with E-state index in [-0.39, 0.29) is 17.7 Å². The van der Waals surface area contributed by atoms with E-state index in [4.69, 9.17) is 4.98 Å². The van der Waals surface area contributed by atoms with Gasteiger partial charge in [0.05, 0.1) is 11.0 Å². The van der Waals surface area contributed by atoms with Crippen LogP contribution in [-0.2, 0) is 22.4 Å². The first-order valence-electron chi connectivity index (χ1n) is 15.0. The zero-order chi connectivity index (χ0) is 29.4. The van der Waals surface area contributed by atoms with Gasteiger partial charge in [0.25, 0.3) is 5.91 Å². The molecule has 0 spiro atoms. The van der Waals surface area contributed by atoms with Gasteiger partial charge in [0, 0.05) is 49.1 Å². The monoisotopic (exact) mass is 599 g/mol. The van der Waals surface area contributed by atoms with Gasteiger partial charge in [0.2, 0.25) is 5.91 Å². The maximum atomic E-state index is 13.4. The van der Waals surface area contributed by atoms with Crippen LogP contribution in [0.4, 0.5) is 0 Å². The zero-order valence-corrected chi connectivity index (χ0v) is 26.5. The van der Waals surface area contributed by atoms with Gasteiger partial charge >= 0.3 is 0 Å². The summed E-state index contributed by atoms with van der Waals surface area (Å²) in [7, 11) is 0. The molecule has 2 N–H and O–H groups in total. The van der Waals surface area contributed by atoms with Crippen LogP contribution in [0.2, 0.25) is 0 Å². The number of amides is 2. The molecule has 41 heavy (non-hydrogen) atoms. The van der Waals surface area contributed by atoms with Gasteiger partial charge in [-0.15, -0.1) is 11.3 Å². The van der Waals surface area contributed by atoms with Gasteiger partial charge in [-0.25, -0.2) is 4.98 Å². The van der Waals surface area contributed by atoms with Crippen molar-refractivity contribution in [2.45, 2.75) is 71.9 Å². The van der Waals surface area contributed by atoms with Crippen LogP contribution in [0.1, 0.15) is 80.5 Å². The molecule has 2 aromatic heterocycles. The fraction of sp³-hybridized carbons (Fsp3) is 0.581. The van der Waals surface area contributed by atoms with Crippen LogP contribution in [-0.4, -0.2) is 74.5 Å². The number of carbonyl (C=O) groups is 2. The van der Waals surface area contributed by atoms with Gasteiger partial charge in [-0.2, -0.15) is 0 Å². The number of fused-ring (bicyclic) bond motifs is 1. The molecule has 3 heterocycles. The summed E-state index contributed by atoms with van der Waals surface area (Å²) < 4.78 is 13.9. The van der Waals surface area contributed by atoms with E-state index < -0.39 is 17.2 Å². The van der Waals surface area contributed by atoms with E-state index in [9.17, 15) is 14.1 Å². The average molecular weight is 600 g/mol. The highest BCUT2D eigenvalue weighted by Crippen LogP contribution is 2.28. The van der Waals surface area contributed by atoms with Crippen LogP contribution < -0.4 is 10.6 Å². The second-order valence-corrected chi connectivity index (χ2v) is 14.0. The van der Waals surface area contributed by atoms with E-state index in [2.05, 4.69) is 65.3 Å². The number of nitrogens with one attached hydrogen (secondary N) is 2. The minimum Gasteiger partial charge on any atom is -0.616 e. The first-order valence-corrected chi connectivity index (χ1v) is 17.3. The number of nitrogens with zero attached hydrogens (tertiary/aromatic N) is 3. The second kappa shape index (κ2) is 15.2. The highest BCUT2D eigenvalue weighted by atomic mass is 32.2. The maximum Gasteiger partial charge on any atom is 0.252 e. The van der Waals surface area contributed by atoms with E-state index in [0.717, 1.165) is 73.7 Å². The minimum atomic E-state index is -0.684. The summed E-state index contributed by atoms with van der Waals surface area (Å²) in [6.07, 6.45) is 4.16. The molecule has 0 saturated carbocycles. The van der Waals surface area contributed by atoms with E-state index in [1.165, 1.54) is 4.88 Å². The minimum absolute atomic E-state index is 0.149. The molecule has 4 rings (SSSR count). The fourth-order valence-electron chi connectivity index (χ4n) is 5.53. The molecule has 1 aliphatic rings. The van der Waals surface area contributed by atoms with E-state index in [1.54, 1.807) is 11.3 Å². The predicted molar refractivity (Wildman–Crippen MR) is 169 cm³/mol. The van der Waals surface area contributed by atoms with Gasteiger partial charge in [0.15, 0.2) is 0 Å². The molecular weight excluding hydrogens is 555 g/mol. The van der Waals surface area contributed by atoms with E-state index >= 15 is 0 Å². The van der Waals surface area contributed by atoms with Gasteiger partial charge in [-0.1, -0.05) is 44.9 Å². The summed E-state index contributed by atoms with van der Waals surface area (Å²) in [6.45, 7) is 11.6. The van der Waals surface area contributed by atoms with Crippen LogP contribution in [0.5, 0.6) is 0 Å². The number of aromatic nitrogens is 2. The van der Waals surface area contributed by atoms with E-state index in [1.807, 2.05) is 18.2 Å². The van der Waals surface area contributed by atoms with Gasteiger partial charge in [-0.3, -0.25) is 14.5 Å². The largest absolute Gasteiger partial charge is 0.616 e. The maximum absolute atomic E-state index is 13.4. The lowest BCUT2D eigenvalue weighted by Crippen LogP contribution is -2.48. The molecule has 0 unspecified atom stereocenters. The number of hydrogen-bond donors (Lipinski definition) is 2. The number of rotatable bonds is 14. The van der Waals surface area contributed by atoms with Crippen LogP contribution in [0.15, 0.2) is 35.7 Å². The first-order chi connectivity index (χ1) is 19.8. The van der Waals surface area contributed by atoms with Crippen LogP contribution in [0.25, 0.3) is 11.0 Å². The van der Waals surface area contributed by atoms with Crippen molar-refractivity contribution in [2.75, 3.05) is 37.7 Å². The smallest absolute Gasteiger partial charge is 0.252 e. The number of hydrogen-bond acceptors (Lipinski definition) is 6. The van der Waals surface area contributed by atoms with Gasteiger partial charge < -0.3 is 19.8 Å².